The second-order valence-corrected chi connectivity index (χ2v) is 7.84. The van der Waals surface area contributed by atoms with Gasteiger partial charge in [0.2, 0.25) is 0 Å². The van der Waals surface area contributed by atoms with Gasteiger partial charge in [0, 0.05) is 23.7 Å². The summed E-state index contributed by atoms with van der Waals surface area (Å²) in [6.45, 7) is 0.719. The van der Waals surface area contributed by atoms with Crippen molar-refractivity contribution in [1.29, 1.82) is 0 Å². The maximum Gasteiger partial charge on any atom is 0.194 e. The molecule has 0 unspecified atom stereocenters. The van der Waals surface area contributed by atoms with Crippen molar-refractivity contribution in [2.24, 2.45) is 0 Å². The molecule has 0 aliphatic carbocycles. The zero-order valence-corrected chi connectivity index (χ0v) is 16.7. The first-order chi connectivity index (χ1) is 14.4. The van der Waals surface area contributed by atoms with Gasteiger partial charge < -0.3 is 5.32 Å². The summed E-state index contributed by atoms with van der Waals surface area (Å²) in [4.78, 5) is 5.93. The second kappa shape index (κ2) is 8.03. The fourth-order valence-corrected chi connectivity index (χ4v) is 4.48. The van der Waals surface area contributed by atoms with E-state index in [9.17, 15) is 0 Å². The molecule has 2 aromatic heterocycles. The van der Waals surface area contributed by atoms with E-state index in [4.69, 9.17) is 4.98 Å². The van der Waals surface area contributed by atoms with Gasteiger partial charge in [-0.25, -0.2) is 4.98 Å². The topological polar surface area (TPSA) is 29.3 Å². The van der Waals surface area contributed by atoms with Crippen LogP contribution in [0.5, 0.6) is 0 Å². The standard InChI is InChI=1S/C25H21N3S/c1-4-10-19(11-5-1)23(20-12-6-2-7-13-20)26-18-22-24(21-14-8-3-9-15-21)27-25-28(22)16-17-29-25/h1-17,23,26H,18H2. The van der Waals surface area contributed by atoms with Crippen LogP contribution in [0.25, 0.3) is 16.2 Å². The van der Waals surface area contributed by atoms with E-state index < -0.39 is 0 Å². The average molecular weight is 396 g/mol. The minimum absolute atomic E-state index is 0.116. The zero-order chi connectivity index (χ0) is 19.5. The molecule has 0 radical (unpaired) electrons. The quantitative estimate of drug-likeness (QED) is 0.385. The Kier molecular flexibility index (Phi) is 4.95. The van der Waals surface area contributed by atoms with E-state index in [-0.39, 0.29) is 6.04 Å². The molecule has 0 spiro atoms. The summed E-state index contributed by atoms with van der Waals surface area (Å²) < 4.78 is 2.20. The highest BCUT2D eigenvalue weighted by Crippen LogP contribution is 2.28. The Bertz CT molecular complexity index is 1150. The smallest absolute Gasteiger partial charge is 0.194 e. The second-order valence-electron chi connectivity index (χ2n) is 6.96. The Morgan fingerprint density at radius 1 is 0.793 bits per heavy atom. The first-order valence-electron chi connectivity index (χ1n) is 9.73. The molecule has 0 saturated heterocycles. The first-order valence-corrected chi connectivity index (χ1v) is 10.6. The predicted octanol–water partition coefficient (Wildman–Crippen LogP) is 5.94. The number of imidazole rings is 1. The number of nitrogens with zero attached hydrogens (tertiary/aromatic N) is 2. The van der Waals surface area contributed by atoms with Crippen LogP contribution in [0.15, 0.2) is 103 Å². The van der Waals surface area contributed by atoms with Crippen LogP contribution in [0, 0.1) is 0 Å². The normalized spacial score (nSPS) is 11.3. The molecule has 0 amide bonds. The molecule has 0 saturated carbocycles. The fraction of sp³-hybridized carbons (Fsp3) is 0.0800. The number of nitrogens with one attached hydrogen (secondary N) is 1. The Morgan fingerprint density at radius 2 is 1.38 bits per heavy atom. The summed E-state index contributed by atoms with van der Waals surface area (Å²) >= 11 is 1.67. The monoisotopic (exact) mass is 395 g/mol. The Morgan fingerprint density at radius 3 is 2.00 bits per heavy atom. The Hall–Kier alpha value is -3.21. The molecule has 142 valence electrons. The maximum absolute atomic E-state index is 4.91. The van der Waals surface area contributed by atoms with E-state index >= 15 is 0 Å². The highest BCUT2D eigenvalue weighted by molar-refractivity contribution is 7.15. The molecular weight excluding hydrogens is 374 g/mol. The van der Waals surface area contributed by atoms with Crippen molar-refractivity contribution in [2.75, 3.05) is 0 Å². The summed E-state index contributed by atoms with van der Waals surface area (Å²) in [5.74, 6) is 0. The fourth-order valence-electron chi connectivity index (χ4n) is 3.75. The van der Waals surface area contributed by atoms with Gasteiger partial charge >= 0.3 is 0 Å². The molecule has 3 nitrogen and oxygen atoms in total. The van der Waals surface area contributed by atoms with Crippen molar-refractivity contribution in [3.05, 3.63) is 119 Å². The Balaban J connectivity index is 1.52. The molecule has 29 heavy (non-hydrogen) atoms. The van der Waals surface area contributed by atoms with Crippen molar-refractivity contribution in [3.8, 4) is 11.3 Å². The molecule has 1 N–H and O–H groups in total. The zero-order valence-electron chi connectivity index (χ0n) is 15.9. The van der Waals surface area contributed by atoms with E-state index in [1.54, 1.807) is 11.3 Å². The van der Waals surface area contributed by atoms with Crippen molar-refractivity contribution in [1.82, 2.24) is 14.7 Å². The number of rotatable bonds is 6. The number of fused-ring (bicyclic) bond motifs is 1. The molecule has 0 aliphatic heterocycles. The highest BCUT2D eigenvalue weighted by Gasteiger charge is 2.18. The molecular formula is C25H21N3S. The molecule has 3 aromatic carbocycles. The van der Waals surface area contributed by atoms with E-state index in [1.807, 2.05) is 6.07 Å². The SMILES string of the molecule is c1ccc(-c2nc3sccn3c2CNC(c2ccccc2)c2ccccc2)cc1. The third kappa shape index (κ3) is 3.60. The minimum Gasteiger partial charge on any atom is -0.301 e. The van der Waals surface area contributed by atoms with Gasteiger partial charge in [0.05, 0.1) is 17.4 Å². The lowest BCUT2D eigenvalue weighted by atomic mass is 9.98. The number of hydrogen-bond donors (Lipinski definition) is 1. The molecule has 5 rings (SSSR count). The minimum atomic E-state index is 0.116. The van der Waals surface area contributed by atoms with Gasteiger partial charge in [-0.3, -0.25) is 4.40 Å². The summed E-state index contributed by atoms with van der Waals surface area (Å²) in [7, 11) is 0. The lowest BCUT2D eigenvalue weighted by molar-refractivity contribution is 0.596. The van der Waals surface area contributed by atoms with E-state index in [0.29, 0.717) is 0 Å². The van der Waals surface area contributed by atoms with Gasteiger partial charge in [-0.1, -0.05) is 91.0 Å². The van der Waals surface area contributed by atoms with Crippen LogP contribution >= 0.6 is 11.3 Å². The van der Waals surface area contributed by atoms with Crippen molar-refractivity contribution < 1.29 is 0 Å². The number of hydrogen-bond acceptors (Lipinski definition) is 3. The van der Waals surface area contributed by atoms with Crippen LogP contribution in [-0.2, 0) is 6.54 Å². The third-order valence-corrected chi connectivity index (χ3v) is 5.90. The van der Waals surface area contributed by atoms with Crippen LogP contribution in [0.4, 0.5) is 0 Å². The largest absolute Gasteiger partial charge is 0.301 e. The molecule has 5 aromatic rings. The van der Waals surface area contributed by atoms with Crippen molar-refractivity contribution in [3.63, 3.8) is 0 Å². The van der Waals surface area contributed by atoms with Crippen LogP contribution in [0.1, 0.15) is 22.9 Å². The molecule has 0 aliphatic rings. The maximum atomic E-state index is 4.91. The summed E-state index contributed by atoms with van der Waals surface area (Å²) in [6.07, 6.45) is 2.11. The lowest BCUT2D eigenvalue weighted by Gasteiger charge is -2.20. The summed E-state index contributed by atoms with van der Waals surface area (Å²) in [6, 6.07) is 31.8. The molecule has 4 heteroatoms. The van der Waals surface area contributed by atoms with Gasteiger partial charge in [-0.2, -0.15) is 0 Å². The molecule has 0 fully saturated rings. The van der Waals surface area contributed by atoms with Crippen LogP contribution < -0.4 is 5.32 Å². The molecule has 0 atom stereocenters. The van der Waals surface area contributed by atoms with E-state index in [0.717, 1.165) is 22.8 Å². The van der Waals surface area contributed by atoms with Gasteiger partial charge in [0.15, 0.2) is 4.96 Å². The summed E-state index contributed by atoms with van der Waals surface area (Å²) in [5, 5.41) is 5.88. The number of aromatic nitrogens is 2. The molecule has 2 heterocycles. The lowest BCUT2D eigenvalue weighted by Crippen LogP contribution is -2.23. The predicted molar refractivity (Wildman–Crippen MR) is 120 cm³/mol. The van der Waals surface area contributed by atoms with Crippen LogP contribution in [0.3, 0.4) is 0 Å². The van der Waals surface area contributed by atoms with Gasteiger partial charge in [0.1, 0.15) is 0 Å². The van der Waals surface area contributed by atoms with Gasteiger partial charge in [-0.15, -0.1) is 11.3 Å². The van der Waals surface area contributed by atoms with E-state index in [2.05, 4.69) is 106 Å². The number of thiazole rings is 1. The number of benzene rings is 3. The summed E-state index contributed by atoms with van der Waals surface area (Å²) in [5.41, 5.74) is 5.89. The van der Waals surface area contributed by atoms with Crippen molar-refractivity contribution >= 4 is 16.3 Å². The van der Waals surface area contributed by atoms with Crippen molar-refractivity contribution in [2.45, 2.75) is 12.6 Å². The average Bonchev–Trinajstić information content (AvgIpc) is 3.38. The van der Waals surface area contributed by atoms with Gasteiger partial charge in [0.25, 0.3) is 0 Å². The third-order valence-electron chi connectivity index (χ3n) is 5.15. The Labute approximate surface area is 174 Å². The van der Waals surface area contributed by atoms with E-state index in [1.165, 1.54) is 16.8 Å². The van der Waals surface area contributed by atoms with Crippen LogP contribution in [-0.4, -0.2) is 9.38 Å². The van der Waals surface area contributed by atoms with Gasteiger partial charge in [-0.05, 0) is 11.1 Å². The van der Waals surface area contributed by atoms with Crippen LogP contribution in [0.2, 0.25) is 0 Å². The molecule has 0 bridgehead atoms. The first kappa shape index (κ1) is 17.9. The highest BCUT2D eigenvalue weighted by atomic mass is 32.1.